The highest BCUT2D eigenvalue weighted by atomic mass is 79.9. The van der Waals surface area contributed by atoms with E-state index in [4.69, 9.17) is 0 Å². The number of nitrogens with zero attached hydrogens (tertiary/aromatic N) is 1. The van der Waals surface area contributed by atoms with Crippen molar-refractivity contribution < 1.29 is 8.78 Å². The number of piperazine rings is 1. The second-order valence-corrected chi connectivity index (χ2v) is 6.79. The van der Waals surface area contributed by atoms with Gasteiger partial charge in [0.2, 0.25) is 0 Å². The zero-order chi connectivity index (χ0) is 14.8. The van der Waals surface area contributed by atoms with Gasteiger partial charge >= 0.3 is 0 Å². The molecular formula is C15H15BrF2N2S. The van der Waals surface area contributed by atoms with Crippen LogP contribution in [0.25, 0.3) is 0 Å². The van der Waals surface area contributed by atoms with Crippen LogP contribution in [0.5, 0.6) is 0 Å². The number of nitrogens with one attached hydrogen (secondary N) is 1. The lowest BCUT2D eigenvalue weighted by Crippen LogP contribution is -2.45. The van der Waals surface area contributed by atoms with Gasteiger partial charge in [-0.25, -0.2) is 8.78 Å². The summed E-state index contributed by atoms with van der Waals surface area (Å²) < 4.78 is 29.2. The second kappa shape index (κ2) is 6.52. The van der Waals surface area contributed by atoms with Crippen molar-refractivity contribution in [2.45, 2.75) is 6.04 Å². The van der Waals surface area contributed by atoms with Gasteiger partial charge in [-0.15, -0.1) is 11.3 Å². The molecule has 1 atom stereocenters. The summed E-state index contributed by atoms with van der Waals surface area (Å²) in [4.78, 5) is 3.10. The third-order valence-electron chi connectivity index (χ3n) is 3.68. The lowest BCUT2D eigenvalue weighted by atomic mass is 10.0. The van der Waals surface area contributed by atoms with Crippen LogP contribution in [0.4, 0.5) is 8.78 Å². The van der Waals surface area contributed by atoms with Crippen molar-refractivity contribution in [2.24, 2.45) is 0 Å². The van der Waals surface area contributed by atoms with Crippen molar-refractivity contribution in [2.75, 3.05) is 26.2 Å². The zero-order valence-electron chi connectivity index (χ0n) is 11.3. The lowest BCUT2D eigenvalue weighted by molar-refractivity contribution is 0.194. The van der Waals surface area contributed by atoms with Gasteiger partial charge in [0.05, 0.1) is 10.5 Å². The Hall–Kier alpha value is -0.820. The van der Waals surface area contributed by atoms with Gasteiger partial charge in [0.15, 0.2) is 0 Å². The predicted molar refractivity (Wildman–Crippen MR) is 84.7 cm³/mol. The first kappa shape index (κ1) is 15.1. The number of hydrogen-bond donors (Lipinski definition) is 1. The fraction of sp³-hybridized carbons (Fsp3) is 0.333. The number of hydrogen-bond acceptors (Lipinski definition) is 3. The summed E-state index contributed by atoms with van der Waals surface area (Å²) >= 11 is 4.70. The molecule has 6 heteroatoms. The van der Waals surface area contributed by atoms with Crippen molar-refractivity contribution in [3.8, 4) is 0 Å². The average molecular weight is 373 g/mol. The van der Waals surface area contributed by atoms with E-state index >= 15 is 0 Å². The van der Waals surface area contributed by atoms with Crippen LogP contribution in [0.3, 0.4) is 0 Å². The fourth-order valence-electron chi connectivity index (χ4n) is 2.69. The first-order valence-corrected chi connectivity index (χ1v) is 8.47. The molecule has 0 unspecified atom stereocenters. The average Bonchev–Trinajstić information content (AvgIpc) is 3.02. The highest BCUT2D eigenvalue weighted by molar-refractivity contribution is 9.10. The molecule has 3 rings (SSSR count). The molecule has 0 saturated carbocycles. The van der Waals surface area contributed by atoms with E-state index in [1.54, 1.807) is 0 Å². The van der Waals surface area contributed by atoms with Crippen molar-refractivity contribution in [3.05, 3.63) is 56.2 Å². The molecule has 1 saturated heterocycles. The molecule has 1 fully saturated rings. The Bertz CT molecular complexity index is 612. The molecule has 2 nitrogen and oxygen atoms in total. The number of thiophene rings is 1. The quantitative estimate of drug-likeness (QED) is 0.824. The highest BCUT2D eigenvalue weighted by Crippen LogP contribution is 2.36. The fourth-order valence-corrected chi connectivity index (χ4v) is 3.90. The maximum absolute atomic E-state index is 14.5. The predicted octanol–water partition coefficient (Wildman–Crippen LogP) is 3.78. The molecule has 1 aromatic carbocycles. The van der Waals surface area contributed by atoms with Gasteiger partial charge in [0.25, 0.3) is 0 Å². The summed E-state index contributed by atoms with van der Waals surface area (Å²) in [6, 6.07) is 6.23. The van der Waals surface area contributed by atoms with E-state index in [0.717, 1.165) is 31.1 Å². The summed E-state index contributed by atoms with van der Waals surface area (Å²) in [6.07, 6.45) is 0. The molecule has 112 valence electrons. The Morgan fingerprint density at radius 3 is 2.62 bits per heavy atom. The minimum atomic E-state index is -0.507. The third kappa shape index (κ3) is 3.04. The SMILES string of the molecule is Fc1ccc(Br)c(F)c1[C@@H](c1cccs1)N1CCNCC1. The normalized spacial score (nSPS) is 17.9. The van der Waals surface area contributed by atoms with E-state index in [9.17, 15) is 8.78 Å². The van der Waals surface area contributed by atoms with Gasteiger partial charge < -0.3 is 5.32 Å². The maximum Gasteiger partial charge on any atom is 0.145 e. The molecule has 1 N–H and O–H groups in total. The molecule has 2 heterocycles. The summed E-state index contributed by atoms with van der Waals surface area (Å²) in [5.74, 6) is -1.00. The monoisotopic (exact) mass is 372 g/mol. The van der Waals surface area contributed by atoms with E-state index in [-0.39, 0.29) is 11.6 Å². The van der Waals surface area contributed by atoms with Crippen LogP contribution in [0.15, 0.2) is 34.1 Å². The van der Waals surface area contributed by atoms with Crippen LogP contribution in [0.2, 0.25) is 0 Å². The van der Waals surface area contributed by atoms with Crippen LogP contribution < -0.4 is 5.32 Å². The Morgan fingerprint density at radius 2 is 1.95 bits per heavy atom. The molecular weight excluding hydrogens is 358 g/mol. The van der Waals surface area contributed by atoms with E-state index in [1.165, 1.54) is 23.5 Å². The van der Waals surface area contributed by atoms with Crippen LogP contribution in [-0.2, 0) is 0 Å². The molecule has 1 aliphatic rings. The molecule has 0 aliphatic carbocycles. The van der Waals surface area contributed by atoms with Gasteiger partial charge in [-0.1, -0.05) is 6.07 Å². The molecule has 0 bridgehead atoms. The van der Waals surface area contributed by atoms with Gasteiger partial charge in [-0.3, -0.25) is 4.90 Å². The summed E-state index contributed by atoms with van der Waals surface area (Å²) in [5, 5.41) is 5.21. The van der Waals surface area contributed by atoms with E-state index in [0.29, 0.717) is 4.47 Å². The Labute approximate surface area is 134 Å². The van der Waals surface area contributed by atoms with Gasteiger partial charge in [0.1, 0.15) is 11.6 Å². The maximum atomic E-state index is 14.5. The Kier molecular flexibility index (Phi) is 4.69. The topological polar surface area (TPSA) is 15.3 Å². The van der Waals surface area contributed by atoms with Crippen molar-refractivity contribution in [1.82, 2.24) is 10.2 Å². The smallest absolute Gasteiger partial charge is 0.145 e. The summed E-state index contributed by atoms with van der Waals surface area (Å²) in [5.41, 5.74) is 0.133. The van der Waals surface area contributed by atoms with Crippen LogP contribution in [-0.4, -0.2) is 31.1 Å². The summed E-state index contributed by atoms with van der Waals surface area (Å²) in [7, 11) is 0. The van der Waals surface area contributed by atoms with Crippen molar-refractivity contribution in [3.63, 3.8) is 0 Å². The van der Waals surface area contributed by atoms with Crippen LogP contribution in [0, 0.1) is 11.6 Å². The van der Waals surface area contributed by atoms with Crippen LogP contribution in [0.1, 0.15) is 16.5 Å². The van der Waals surface area contributed by atoms with Gasteiger partial charge in [-0.05, 0) is 39.5 Å². The number of rotatable bonds is 3. The molecule has 0 spiro atoms. The van der Waals surface area contributed by atoms with E-state index in [1.807, 2.05) is 17.5 Å². The minimum absolute atomic E-state index is 0.133. The zero-order valence-corrected chi connectivity index (χ0v) is 13.7. The molecule has 1 aromatic heterocycles. The van der Waals surface area contributed by atoms with Crippen molar-refractivity contribution >= 4 is 27.3 Å². The van der Waals surface area contributed by atoms with Crippen LogP contribution >= 0.6 is 27.3 Å². The van der Waals surface area contributed by atoms with Gasteiger partial charge in [-0.2, -0.15) is 0 Å². The second-order valence-electron chi connectivity index (χ2n) is 4.96. The molecule has 1 aliphatic heterocycles. The van der Waals surface area contributed by atoms with Crippen molar-refractivity contribution in [1.29, 1.82) is 0 Å². The standard InChI is InChI=1S/C15H15BrF2N2S/c16-10-3-4-11(17)13(14(10)18)15(12-2-1-9-21-12)20-7-5-19-6-8-20/h1-4,9,15,19H,5-8H2/t15-/m1/s1. The third-order valence-corrected chi connectivity index (χ3v) is 5.22. The van der Waals surface area contributed by atoms with E-state index < -0.39 is 11.6 Å². The largest absolute Gasteiger partial charge is 0.314 e. The first-order chi connectivity index (χ1) is 10.2. The molecule has 21 heavy (non-hydrogen) atoms. The molecule has 2 aromatic rings. The summed E-state index contributed by atoms with van der Waals surface area (Å²) in [6.45, 7) is 3.21. The number of benzene rings is 1. The van der Waals surface area contributed by atoms with Gasteiger partial charge in [0, 0.05) is 36.6 Å². The minimum Gasteiger partial charge on any atom is -0.314 e. The Balaban J connectivity index is 2.09. The number of halogens is 3. The molecule has 0 radical (unpaired) electrons. The molecule has 0 amide bonds. The highest BCUT2D eigenvalue weighted by Gasteiger charge is 2.30. The first-order valence-electron chi connectivity index (χ1n) is 6.80. The lowest BCUT2D eigenvalue weighted by Gasteiger charge is -2.35. The Morgan fingerprint density at radius 1 is 1.19 bits per heavy atom. The van der Waals surface area contributed by atoms with E-state index in [2.05, 4.69) is 26.1 Å².